The van der Waals surface area contributed by atoms with Crippen molar-refractivity contribution >= 4 is 6.09 Å². The van der Waals surface area contributed by atoms with Gasteiger partial charge in [0.15, 0.2) is 0 Å². The van der Waals surface area contributed by atoms with E-state index >= 15 is 0 Å². The van der Waals surface area contributed by atoms with Crippen LogP contribution in [0.5, 0.6) is 0 Å². The summed E-state index contributed by atoms with van der Waals surface area (Å²) in [6, 6.07) is 0. The van der Waals surface area contributed by atoms with Gasteiger partial charge in [-0.25, -0.2) is 4.79 Å². The highest BCUT2D eigenvalue weighted by molar-refractivity contribution is 5.67. The van der Waals surface area contributed by atoms with Crippen molar-refractivity contribution in [1.29, 1.82) is 0 Å². The van der Waals surface area contributed by atoms with Gasteiger partial charge in [0, 0.05) is 13.1 Å². The molecule has 0 atom stereocenters. The fourth-order valence-electron chi connectivity index (χ4n) is 1.48. The van der Waals surface area contributed by atoms with Gasteiger partial charge < -0.3 is 14.4 Å². The minimum absolute atomic E-state index is 0.205. The van der Waals surface area contributed by atoms with E-state index in [4.69, 9.17) is 9.47 Å². The van der Waals surface area contributed by atoms with Crippen LogP contribution in [0.3, 0.4) is 0 Å². The fourth-order valence-corrected chi connectivity index (χ4v) is 1.48. The molecule has 1 aliphatic heterocycles. The van der Waals surface area contributed by atoms with Crippen molar-refractivity contribution in [2.75, 3.05) is 26.8 Å². The van der Waals surface area contributed by atoms with Gasteiger partial charge in [-0.2, -0.15) is 0 Å². The lowest BCUT2D eigenvalue weighted by Gasteiger charge is -2.27. The zero-order valence-electron chi connectivity index (χ0n) is 8.78. The van der Waals surface area contributed by atoms with Crippen LogP contribution in [-0.2, 0) is 9.47 Å². The van der Waals surface area contributed by atoms with Crippen molar-refractivity contribution < 1.29 is 14.3 Å². The van der Waals surface area contributed by atoms with Gasteiger partial charge in [0.1, 0.15) is 0 Å². The lowest BCUT2D eigenvalue weighted by Crippen LogP contribution is -2.36. The molecule has 4 heteroatoms. The molecule has 80 valence electrons. The number of amides is 1. The molecule has 14 heavy (non-hydrogen) atoms. The van der Waals surface area contributed by atoms with E-state index in [1.54, 1.807) is 18.3 Å². The van der Waals surface area contributed by atoms with Gasteiger partial charge >= 0.3 is 6.09 Å². The molecule has 0 aliphatic carbocycles. The van der Waals surface area contributed by atoms with Gasteiger partial charge in [0.25, 0.3) is 0 Å². The Morgan fingerprint density at radius 1 is 1.50 bits per heavy atom. The minimum Gasteiger partial charge on any atom is -0.504 e. The van der Waals surface area contributed by atoms with E-state index in [-0.39, 0.29) is 6.09 Å². The van der Waals surface area contributed by atoms with Crippen LogP contribution in [0.4, 0.5) is 4.79 Å². The number of methoxy groups -OCH3 is 1. The third-order valence-electron chi connectivity index (χ3n) is 2.22. The van der Waals surface area contributed by atoms with Gasteiger partial charge in [-0.05, 0) is 25.3 Å². The van der Waals surface area contributed by atoms with Crippen LogP contribution in [0.25, 0.3) is 0 Å². The molecule has 1 amide bonds. The molecule has 1 rings (SSSR count). The van der Waals surface area contributed by atoms with E-state index in [9.17, 15) is 4.79 Å². The van der Waals surface area contributed by atoms with Crippen LogP contribution >= 0.6 is 0 Å². The maximum Gasteiger partial charge on any atom is 0.409 e. The Balaban J connectivity index is 2.35. The van der Waals surface area contributed by atoms with Crippen molar-refractivity contribution in [3.05, 3.63) is 11.8 Å². The molecule has 0 saturated carbocycles. The molecule has 1 aliphatic rings. The minimum atomic E-state index is -0.205. The second-order valence-corrected chi connectivity index (χ2v) is 3.20. The van der Waals surface area contributed by atoms with Crippen molar-refractivity contribution in [3.8, 4) is 0 Å². The lowest BCUT2D eigenvalue weighted by atomic mass is 10.1. The fraction of sp³-hybridized carbons (Fsp3) is 0.700. The summed E-state index contributed by atoms with van der Waals surface area (Å²) in [4.78, 5) is 13.0. The SMILES string of the molecule is CCOC(=O)N1CCC(=COC)CC1. The van der Waals surface area contributed by atoms with Crippen LogP contribution in [0.1, 0.15) is 19.8 Å². The molecule has 0 N–H and O–H groups in total. The predicted molar refractivity (Wildman–Crippen MR) is 52.9 cm³/mol. The van der Waals surface area contributed by atoms with Crippen molar-refractivity contribution in [2.45, 2.75) is 19.8 Å². The molecule has 1 fully saturated rings. The number of rotatable bonds is 2. The van der Waals surface area contributed by atoms with Gasteiger partial charge in [0.05, 0.1) is 20.0 Å². The van der Waals surface area contributed by atoms with E-state index < -0.39 is 0 Å². The molecule has 0 unspecified atom stereocenters. The Kier molecular flexibility index (Phi) is 4.29. The molecule has 1 saturated heterocycles. The number of likely N-dealkylation sites (tertiary alicyclic amines) is 1. The van der Waals surface area contributed by atoms with Crippen LogP contribution in [0.2, 0.25) is 0 Å². The first kappa shape index (κ1) is 10.9. The van der Waals surface area contributed by atoms with Crippen LogP contribution in [-0.4, -0.2) is 37.8 Å². The second-order valence-electron chi connectivity index (χ2n) is 3.20. The first-order chi connectivity index (χ1) is 6.77. The highest BCUT2D eigenvalue weighted by atomic mass is 16.6. The maximum absolute atomic E-state index is 11.3. The van der Waals surface area contributed by atoms with Crippen LogP contribution in [0, 0.1) is 0 Å². The molecule has 0 spiro atoms. The molecule has 4 nitrogen and oxygen atoms in total. The van der Waals surface area contributed by atoms with Gasteiger partial charge in [-0.15, -0.1) is 0 Å². The maximum atomic E-state index is 11.3. The molecule has 0 radical (unpaired) electrons. The molecule has 0 aromatic rings. The van der Waals surface area contributed by atoms with Crippen molar-refractivity contribution in [2.24, 2.45) is 0 Å². The Labute approximate surface area is 84.5 Å². The molecule has 0 aromatic heterocycles. The lowest BCUT2D eigenvalue weighted by molar-refractivity contribution is 0.104. The summed E-state index contributed by atoms with van der Waals surface area (Å²) in [5.41, 5.74) is 1.26. The smallest absolute Gasteiger partial charge is 0.409 e. The zero-order chi connectivity index (χ0) is 10.4. The third kappa shape index (κ3) is 2.94. The van der Waals surface area contributed by atoms with Gasteiger partial charge in [-0.3, -0.25) is 0 Å². The predicted octanol–water partition coefficient (Wildman–Crippen LogP) is 1.77. The first-order valence-corrected chi connectivity index (χ1v) is 4.90. The first-order valence-electron chi connectivity index (χ1n) is 4.90. The van der Waals surface area contributed by atoms with Gasteiger partial charge in [0.2, 0.25) is 0 Å². The summed E-state index contributed by atoms with van der Waals surface area (Å²) >= 11 is 0. The van der Waals surface area contributed by atoms with E-state index in [2.05, 4.69) is 0 Å². The quantitative estimate of drug-likeness (QED) is 0.636. The Morgan fingerprint density at radius 2 is 2.14 bits per heavy atom. The molecule has 0 aromatic carbocycles. The number of piperidine rings is 1. The summed E-state index contributed by atoms with van der Waals surface area (Å²) in [5, 5.41) is 0. The summed E-state index contributed by atoms with van der Waals surface area (Å²) in [5.74, 6) is 0. The normalized spacial score (nSPS) is 16.4. The monoisotopic (exact) mass is 199 g/mol. The van der Waals surface area contributed by atoms with Crippen LogP contribution < -0.4 is 0 Å². The van der Waals surface area contributed by atoms with E-state index in [0.717, 1.165) is 25.9 Å². The number of hydrogen-bond acceptors (Lipinski definition) is 3. The molecule has 0 bridgehead atoms. The Bertz CT molecular complexity index is 215. The average Bonchev–Trinajstić information content (AvgIpc) is 2.20. The summed E-state index contributed by atoms with van der Waals surface area (Å²) < 4.78 is 9.84. The average molecular weight is 199 g/mol. The zero-order valence-corrected chi connectivity index (χ0v) is 8.78. The van der Waals surface area contributed by atoms with E-state index in [1.165, 1.54) is 5.57 Å². The standard InChI is InChI=1S/C10H17NO3/c1-3-14-10(12)11-6-4-9(5-7-11)8-13-2/h8H,3-7H2,1-2H3. The number of hydrogen-bond donors (Lipinski definition) is 0. The second kappa shape index (κ2) is 5.52. The highest BCUT2D eigenvalue weighted by Gasteiger charge is 2.19. The Hall–Kier alpha value is -1.19. The summed E-state index contributed by atoms with van der Waals surface area (Å²) in [7, 11) is 1.64. The van der Waals surface area contributed by atoms with Gasteiger partial charge in [-0.1, -0.05) is 0 Å². The van der Waals surface area contributed by atoms with Crippen molar-refractivity contribution in [3.63, 3.8) is 0 Å². The summed E-state index contributed by atoms with van der Waals surface area (Å²) in [6.07, 6.45) is 3.32. The molecular weight excluding hydrogens is 182 g/mol. The molecule has 1 heterocycles. The van der Waals surface area contributed by atoms with Crippen LogP contribution in [0.15, 0.2) is 11.8 Å². The number of carbonyl (C=O) groups is 1. The third-order valence-corrected chi connectivity index (χ3v) is 2.22. The number of nitrogens with zero attached hydrogens (tertiary/aromatic N) is 1. The number of ether oxygens (including phenoxy) is 2. The van der Waals surface area contributed by atoms with Crippen molar-refractivity contribution in [1.82, 2.24) is 4.90 Å². The topological polar surface area (TPSA) is 38.8 Å². The molecular formula is C10H17NO3. The van der Waals surface area contributed by atoms with E-state index in [1.807, 2.05) is 6.92 Å². The number of carbonyl (C=O) groups excluding carboxylic acids is 1. The Morgan fingerprint density at radius 3 is 2.64 bits per heavy atom. The van der Waals surface area contributed by atoms with E-state index in [0.29, 0.717) is 6.61 Å². The summed E-state index contributed by atoms with van der Waals surface area (Å²) in [6.45, 7) is 3.72. The highest BCUT2D eigenvalue weighted by Crippen LogP contribution is 2.16. The largest absolute Gasteiger partial charge is 0.504 e.